The fraction of sp³-hybridized carbons (Fsp3) is 0. The summed E-state index contributed by atoms with van der Waals surface area (Å²) in [5, 5.41) is 9.75. The summed E-state index contributed by atoms with van der Waals surface area (Å²) >= 11 is 15.2. The van der Waals surface area contributed by atoms with Crippen LogP contribution in [0.15, 0.2) is 40.9 Å². The lowest BCUT2D eigenvalue weighted by molar-refractivity contribution is 0.480. The minimum absolute atomic E-state index is 0.429. The molecule has 0 aliphatic heterocycles. The van der Waals surface area contributed by atoms with Gasteiger partial charge < -0.3 is 4.74 Å². The number of benzene rings is 2. The lowest BCUT2D eigenvalue weighted by atomic mass is 10.2. The van der Waals surface area contributed by atoms with E-state index in [0.717, 1.165) is 0 Å². The molecule has 90 valence electrons. The maximum absolute atomic E-state index is 8.77. The van der Waals surface area contributed by atoms with Gasteiger partial charge in [-0.3, -0.25) is 0 Å². The highest BCUT2D eigenvalue weighted by Crippen LogP contribution is 2.35. The second-order valence-corrected chi connectivity index (χ2v) is 5.13. The average molecular weight is 343 g/mol. The first-order valence-electron chi connectivity index (χ1n) is 4.92. The fourth-order valence-electron chi connectivity index (χ4n) is 1.33. The van der Waals surface area contributed by atoms with E-state index in [0.29, 0.717) is 31.6 Å². The van der Waals surface area contributed by atoms with Gasteiger partial charge in [0.05, 0.1) is 21.1 Å². The molecule has 0 radical (unpaired) electrons. The van der Waals surface area contributed by atoms with E-state index in [-0.39, 0.29) is 0 Å². The number of nitriles is 1. The Hall–Kier alpha value is -1.21. The third-order valence-corrected chi connectivity index (χ3v) is 3.32. The summed E-state index contributed by atoms with van der Waals surface area (Å²) in [6.07, 6.45) is 0. The molecule has 2 nitrogen and oxygen atoms in total. The highest BCUT2D eigenvalue weighted by molar-refractivity contribution is 9.10. The van der Waals surface area contributed by atoms with Gasteiger partial charge in [0, 0.05) is 5.02 Å². The van der Waals surface area contributed by atoms with E-state index >= 15 is 0 Å². The molecule has 5 heteroatoms. The molecule has 0 bridgehead atoms. The summed E-state index contributed by atoms with van der Waals surface area (Å²) in [5.41, 5.74) is 0.552. The SMILES string of the molecule is N#Cc1ccc(Oc2ccc(Cl)cc2Cl)c(Br)c1. The second kappa shape index (κ2) is 5.62. The van der Waals surface area contributed by atoms with Gasteiger partial charge in [-0.1, -0.05) is 23.2 Å². The van der Waals surface area contributed by atoms with Crippen molar-refractivity contribution in [2.24, 2.45) is 0 Å². The Labute approximate surface area is 123 Å². The van der Waals surface area contributed by atoms with Crippen LogP contribution in [-0.2, 0) is 0 Å². The summed E-state index contributed by atoms with van der Waals surface area (Å²) in [4.78, 5) is 0. The predicted molar refractivity (Wildman–Crippen MR) is 75.4 cm³/mol. The van der Waals surface area contributed by atoms with Gasteiger partial charge in [0.25, 0.3) is 0 Å². The topological polar surface area (TPSA) is 33.0 Å². The molecule has 0 atom stereocenters. The normalized spacial score (nSPS) is 9.89. The second-order valence-electron chi connectivity index (χ2n) is 3.43. The maximum atomic E-state index is 8.77. The monoisotopic (exact) mass is 341 g/mol. The van der Waals surface area contributed by atoms with Gasteiger partial charge in [-0.2, -0.15) is 5.26 Å². The largest absolute Gasteiger partial charge is 0.455 e. The van der Waals surface area contributed by atoms with Crippen LogP contribution in [0.3, 0.4) is 0 Å². The van der Waals surface area contributed by atoms with Crippen LogP contribution in [0.1, 0.15) is 5.56 Å². The molecule has 2 rings (SSSR count). The molecule has 0 saturated carbocycles. The molecule has 0 heterocycles. The Balaban J connectivity index is 2.32. The molecule has 0 amide bonds. The quantitative estimate of drug-likeness (QED) is 0.730. The molecule has 0 fully saturated rings. The van der Waals surface area contributed by atoms with Gasteiger partial charge in [-0.05, 0) is 52.3 Å². The third kappa shape index (κ3) is 2.97. The van der Waals surface area contributed by atoms with Gasteiger partial charge in [0.15, 0.2) is 0 Å². The van der Waals surface area contributed by atoms with Crippen molar-refractivity contribution < 1.29 is 4.74 Å². The van der Waals surface area contributed by atoms with Crippen LogP contribution in [0.4, 0.5) is 0 Å². The number of hydrogen-bond donors (Lipinski definition) is 0. The van der Waals surface area contributed by atoms with E-state index in [1.54, 1.807) is 36.4 Å². The van der Waals surface area contributed by atoms with Crippen LogP contribution in [0, 0.1) is 11.3 Å². The lowest BCUT2D eigenvalue weighted by Crippen LogP contribution is -1.87. The zero-order valence-electron chi connectivity index (χ0n) is 8.95. The van der Waals surface area contributed by atoms with Crippen molar-refractivity contribution in [2.75, 3.05) is 0 Å². The zero-order valence-corrected chi connectivity index (χ0v) is 12.1. The molecule has 2 aromatic rings. The van der Waals surface area contributed by atoms with Gasteiger partial charge in [-0.25, -0.2) is 0 Å². The van der Waals surface area contributed by atoms with Gasteiger partial charge in [0.2, 0.25) is 0 Å². The van der Waals surface area contributed by atoms with E-state index in [9.17, 15) is 0 Å². The number of nitrogens with zero attached hydrogens (tertiary/aromatic N) is 1. The van der Waals surface area contributed by atoms with Gasteiger partial charge >= 0.3 is 0 Å². The zero-order chi connectivity index (χ0) is 13.1. The van der Waals surface area contributed by atoms with Gasteiger partial charge in [0.1, 0.15) is 11.5 Å². The van der Waals surface area contributed by atoms with Crippen molar-refractivity contribution in [3.8, 4) is 17.6 Å². The average Bonchev–Trinajstić information content (AvgIpc) is 2.34. The van der Waals surface area contributed by atoms with Crippen LogP contribution in [0.2, 0.25) is 10.0 Å². The Morgan fingerprint density at radius 2 is 1.78 bits per heavy atom. The van der Waals surface area contributed by atoms with Gasteiger partial charge in [-0.15, -0.1) is 0 Å². The maximum Gasteiger partial charge on any atom is 0.146 e. The Kier molecular flexibility index (Phi) is 4.13. The summed E-state index contributed by atoms with van der Waals surface area (Å²) in [5.74, 6) is 1.09. The van der Waals surface area contributed by atoms with Crippen molar-refractivity contribution >= 4 is 39.1 Å². The first kappa shape index (κ1) is 13.2. The highest BCUT2D eigenvalue weighted by Gasteiger charge is 2.07. The Morgan fingerprint density at radius 1 is 1.06 bits per heavy atom. The number of ether oxygens (including phenoxy) is 1. The predicted octanol–water partition coefficient (Wildman–Crippen LogP) is 5.42. The van der Waals surface area contributed by atoms with Crippen molar-refractivity contribution in [1.82, 2.24) is 0 Å². The van der Waals surface area contributed by atoms with Crippen LogP contribution in [0.25, 0.3) is 0 Å². The molecule has 0 unspecified atom stereocenters. The van der Waals surface area contributed by atoms with Crippen molar-refractivity contribution in [1.29, 1.82) is 5.26 Å². The minimum atomic E-state index is 0.429. The number of halogens is 3. The molecule has 0 N–H and O–H groups in total. The van der Waals surface area contributed by atoms with E-state index in [1.165, 1.54) is 0 Å². The van der Waals surface area contributed by atoms with Crippen LogP contribution in [0.5, 0.6) is 11.5 Å². The van der Waals surface area contributed by atoms with Crippen LogP contribution in [-0.4, -0.2) is 0 Å². The van der Waals surface area contributed by atoms with Crippen molar-refractivity contribution in [2.45, 2.75) is 0 Å². The number of hydrogen-bond acceptors (Lipinski definition) is 2. The van der Waals surface area contributed by atoms with Crippen molar-refractivity contribution in [3.63, 3.8) is 0 Å². The summed E-state index contributed by atoms with van der Waals surface area (Å²) in [6.45, 7) is 0. The molecule has 0 aromatic heterocycles. The Bertz CT molecular complexity index is 637. The standard InChI is InChI=1S/C13H6BrCl2NO/c14-10-5-8(7-17)1-3-12(10)18-13-4-2-9(15)6-11(13)16/h1-6H. The minimum Gasteiger partial charge on any atom is -0.455 e. The van der Waals surface area contributed by atoms with E-state index in [2.05, 4.69) is 15.9 Å². The van der Waals surface area contributed by atoms with Crippen LogP contribution >= 0.6 is 39.1 Å². The van der Waals surface area contributed by atoms with E-state index in [1.807, 2.05) is 6.07 Å². The fourth-order valence-corrected chi connectivity index (χ4v) is 2.24. The summed E-state index contributed by atoms with van der Waals surface area (Å²) in [6, 6.07) is 12.1. The van der Waals surface area contributed by atoms with Crippen LogP contribution < -0.4 is 4.74 Å². The number of rotatable bonds is 2. The third-order valence-electron chi connectivity index (χ3n) is 2.17. The molecule has 18 heavy (non-hydrogen) atoms. The molecule has 0 aliphatic carbocycles. The molecule has 0 saturated heterocycles. The molecule has 0 aliphatic rings. The first-order valence-corrected chi connectivity index (χ1v) is 6.47. The lowest BCUT2D eigenvalue weighted by Gasteiger charge is -2.09. The first-order chi connectivity index (χ1) is 8.60. The van der Waals surface area contributed by atoms with E-state index in [4.69, 9.17) is 33.2 Å². The van der Waals surface area contributed by atoms with Crippen molar-refractivity contribution in [3.05, 3.63) is 56.5 Å². The molecule has 0 spiro atoms. The van der Waals surface area contributed by atoms with E-state index < -0.39 is 0 Å². The molecule has 2 aromatic carbocycles. The highest BCUT2D eigenvalue weighted by atomic mass is 79.9. The summed E-state index contributed by atoms with van der Waals surface area (Å²) < 4.78 is 6.34. The summed E-state index contributed by atoms with van der Waals surface area (Å²) in [7, 11) is 0. The Morgan fingerprint density at radius 3 is 2.39 bits per heavy atom. The molecular formula is C13H6BrCl2NO. The molecular weight excluding hydrogens is 337 g/mol. The smallest absolute Gasteiger partial charge is 0.146 e.